The number of hydrogen-bond acceptors (Lipinski definition) is 4. The molecule has 0 spiro atoms. The van der Waals surface area contributed by atoms with Crippen molar-refractivity contribution >= 4 is 17.4 Å². The number of methoxy groups -OCH3 is 1. The second-order valence-corrected chi connectivity index (χ2v) is 7.66. The largest absolute Gasteiger partial charge is 0.497 e. The summed E-state index contributed by atoms with van der Waals surface area (Å²) in [5, 5.41) is 6.97. The number of hydrogen-bond donors (Lipinski definition) is 1. The highest BCUT2D eigenvalue weighted by Gasteiger charge is 2.37. The summed E-state index contributed by atoms with van der Waals surface area (Å²) >= 11 is 0. The number of aromatic nitrogens is 2. The molecule has 1 aliphatic rings. The van der Waals surface area contributed by atoms with Crippen LogP contribution in [0.25, 0.3) is 0 Å². The molecule has 2 aromatic carbocycles. The fourth-order valence-corrected chi connectivity index (χ4v) is 3.90. The molecule has 0 radical (unpaired) electrons. The Kier molecular flexibility index (Phi) is 5.50. The number of halogens is 3. The maximum absolute atomic E-state index is 13.3. The molecular weight excluding hydrogens is 423 g/mol. The Morgan fingerprint density at radius 3 is 2.56 bits per heavy atom. The number of ketones is 1. The minimum atomic E-state index is -4.45. The van der Waals surface area contributed by atoms with Crippen LogP contribution in [0, 0.1) is 0 Å². The minimum Gasteiger partial charge on any atom is -0.497 e. The summed E-state index contributed by atoms with van der Waals surface area (Å²) < 4.78 is 45.4. The van der Waals surface area contributed by atoms with E-state index in [9.17, 15) is 22.8 Å². The van der Waals surface area contributed by atoms with Gasteiger partial charge in [0.05, 0.1) is 36.5 Å². The van der Waals surface area contributed by atoms with Gasteiger partial charge < -0.3 is 10.1 Å². The van der Waals surface area contributed by atoms with Gasteiger partial charge in [-0.15, -0.1) is 0 Å². The van der Waals surface area contributed by atoms with Crippen molar-refractivity contribution in [3.05, 3.63) is 77.1 Å². The Morgan fingerprint density at radius 1 is 1.19 bits per heavy atom. The van der Waals surface area contributed by atoms with Crippen LogP contribution in [0.4, 0.5) is 18.9 Å². The molecule has 32 heavy (non-hydrogen) atoms. The number of nitrogens with zero attached hydrogens (tertiary/aromatic N) is 2. The average molecular weight is 443 g/mol. The second kappa shape index (κ2) is 8.14. The third kappa shape index (κ3) is 3.98. The first-order valence-corrected chi connectivity index (χ1v) is 9.93. The lowest BCUT2D eigenvalue weighted by molar-refractivity contribution is -0.137. The van der Waals surface area contributed by atoms with Crippen molar-refractivity contribution in [2.24, 2.45) is 0 Å². The van der Waals surface area contributed by atoms with Crippen molar-refractivity contribution in [3.8, 4) is 5.75 Å². The monoisotopic (exact) mass is 443 g/mol. The van der Waals surface area contributed by atoms with Gasteiger partial charge in [-0.1, -0.05) is 18.2 Å². The van der Waals surface area contributed by atoms with Gasteiger partial charge in [0, 0.05) is 5.56 Å². The molecule has 1 aliphatic heterocycles. The number of fused-ring (bicyclic) bond motifs is 1. The lowest BCUT2D eigenvalue weighted by Gasteiger charge is -2.28. The molecule has 0 aliphatic carbocycles. The van der Waals surface area contributed by atoms with Gasteiger partial charge in [-0.25, -0.2) is 0 Å². The maximum Gasteiger partial charge on any atom is 0.416 e. The predicted octanol–water partition coefficient (Wildman–Crippen LogP) is 5.09. The predicted molar refractivity (Wildman–Crippen MR) is 111 cm³/mol. The highest BCUT2D eigenvalue weighted by Crippen LogP contribution is 2.39. The number of ether oxygens (including phenoxy) is 1. The van der Waals surface area contributed by atoms with Gasteiger partial charge >= 0.3 is 6.18 Å². The number of alkyl halides is 3. The Hall–Kier alpha value is -3.62. The lowest BCUT2D eigenvalue weighted by Crippen LogP contribution is -2.29. The van der Waals surface area contributed by atoms with Crippen molar-refractivity contribution in [1.29, 1.82) is 0 Å². The number of rotatable bonds is 4. The average Bonchev–Trinajstić information content (AvgIpc) is 3.20. The Balaban J connectivity index is 1.62. The molecule has 2 heterocycles. The first kappa shape index (κ1) is 21.6. The van der Waals surface area contributed by atoms with Crippen LogP contribution in [-0.2, 0) is 6.18 Å². The van der Waals surface area contributed by atoms with E-state index in [0.717, 1.165) is 12.1 Å². The van der Waals surface area contributed by atoms with E-state index in [-0.39, 0.29) is 23.2 Å². The Bertz CT molecular complexity index is 1170. The number of carbonyl (C=O) groups is 2. The minimum absolute atomic E-state index is 0.183. The summed E-state index contributed by atoms with van der Waals surface area (Å²) in [6.45, 7) is 1.87. The molecule has 0 saturated heterocycles. The third-order valence-electron chi connectivity index (χ3n) is 5.56. The van der Waals surface area contributed by atoms with E-state index in [0.29, 0.717) is 23.3 Å². The van der Waals surface area contributed by atoms with E-state index < -0.39 is 23.6 Å². The van der Waals surface area contributed by atoms with Crippen LogP contribution < -0.4 is 10.1 Å². The zero-order valence-electron chi connectivity index (χ0n) is 17.3. The van der Waals surface area contributed by atoms with Crippen molar-refractivity contribution in [2.45, 2.75) is 31.5 Å². The summed E-state index contributed by atoms with van der Waals surface area (Å²) in [5.74, 6) is -0.858. The van der Waals surface area contributed by atoms with Crippen molar-refractivity contribution < 1.29 is 27.5 Å². The van der Waals surface area contributed by atoms with Crippen molar-refractivity contribution in [1.82, 2.24) is 9.78 Å². The van der Waals surface area contributed by atoms with Crippen LogP contribution >= 0.6 is 0 Å². The number of amides is 1. The first-order valence-electron chi connectivity index (χ1n) is 9.93. The smallest absolute Gasteiger partial charge is 0.416 e. The molecule has 1 N–H and O–H groups in total. The zero-order chi connectivity index (χ0) is 23.0. The van der Waals surface area contributed by atoms with Crippen LogP contribution in [0.1, 0.15) is 57.3 Å². The quantitative estimate of drug-likeness (QED) is 0.609. The van der Waals surface area contributed by atoms with E-state index in [1.165, 1.54) is 25.4 Å². The summed E-state index contributed by atoms with van der Waals surface area (Å²) in [6, 6.07) is 11.0. The van der Waals surface area contributed by atoms with Crippen LogP contribution in [-0.4, -0.2) is 28.6 Å². The van der Waals surface area contributed by atoms with Crippen LogP contribution in [0.3, 0.4) is 0 Å². The second-order valence-electron chi connectivity index (χ2n) is 7.66. The van der Waals surface area contributed by atoms with E-state index in [1.54, 1.807) is 28.9 Å². The molecule has 1 aromatic heterocycles. The molecule has 0 saturated carbocycles. The van der Waals surface area contributed by atoms with E-state index in [1.807, 2.05) is 6.92 Å². The summed E-state index contributed by atoms with van der Waals surface area (Å²) in [6.07, 6.45) is -2.64. The number of Topliss-reactive ketones (excluding diaryl/α,β-unsaturated/α-hetero) is 1. The Morgan fingerprint density at radius 2 is 1.91 bits per heavy atom. The normalized spacial score (nSPS) is 18.2. The molecule has 4 rings (SSSR count). The van der Waals surface area contributed by atoms with Gasteiger partial charge in [0.25, 0.3) is 5.91 Å². The molecule has 9 heteroatoms. The topological polar surface area (TPSA) is 73.2 Å². The molecule has 2 atom stereocenters. The zero-order valence-corrected chi connectivity index (χ0v) is 17.3. The van der Waals surface area contributed by atoms with Gasteiger partial charge in [-0.3, -0.25) is 14.3 Å². The number of benzene rings is 2. The molecule has 166 valence electrons. The van der Waals surface area contributed by atoms with E-state index in [4.69, 9.17) is 4.74 Å². The summed E-state index contributed by atoms with van der Waals surface area (Å²) in [5.41, 5.74) is 0.553. The highest BCUT2D eigenvalue weighted by molar-refractivity contribution is 6.10. The summed E-state index contributed by atoms with van der Waals surface area (Å²) in [7, 11) is 1.49. The number of anilines is 1. The number of nitrogens with one attached hydrogen (secondary N) is 1. The van der Waals surface area contributed by atoms with Gasteiger partial charge in [-0.2, -0.15) is 18.3 Å². The molecular formula is C23H20F3N3O3. The summed E-state index contributed by atoms with van der Waals surface area (Å²) in [4.78, 5) is 26.0. The molecule has 6 nitrogen and oxygen atoms in total. The number of carbonyl (C=O) groups excluding carboxylic acids is 2. The fraction of sp³-hybridized carbons (Fsp3) is 0.261. The van der Waals surface area contributed by atoms with Gasteiger partial charge in [0.15, 0.2) is 5.78 Å². The van der Waals surface area contributed by atoms with E-state index in [2.05, 4.69) is 10.4 Å². The van der Waals surface area contributed by atoms with Crippen molar-refractivity contribution in [3.63, 3.8) is 0 Å². The van der Waals surface area contributed by atoms with Crippen LogP contribution in [0.15, 0.2) is 54.7 Å². The third-order valence-corrected chi connectivity index (χ3v) is 5.56. The Labute approximate surface area is 182 Å². The van der Waals surface area contributed by atoms with E-state index >= 15 is 0 Å². The lowest BCUT2D eigenvalue weighted by atomic mass is 9.84. The van der Waals surface area contributed by atoms with Crippen LogP contribution in [0.5, 0.6) is 5.75 Å². The molecule has 1 amide bonds. The molecule has 0 fully saturated rings. The standard InChI is InChI=1S/C23H20F3N3O3/c1-13-10-18(14-6-8-16(9-7-14)23(24,25)26)21(30)20-19(12-27-29(13)20)28-22(31)15-4-3-5-17(11-15)32-2/h3-9,11-13,18H,10H2,1-2H3,(H,28,31)/t13-,18?/m0/s1. The molecule has 3 aromatic rings. The maximum atomic E-state index is 13.3. The molecule has 0 bridgehead atoms. The van der Waals surface area contributed by atoms with Gasteiger partial charge in [-0.05, 0) is 49.2 Å². The van der Waals surface area contributed by atoms with Gasteiger partial charge in [0.2, 0.25) is 0 Å². The fourth-order valence-electron chi connectivity index (χ4n) is 3.90. The van der Waals surface area contributed by atoms with Gasteiger partial charge in [0.1, 0.15) is 11.4 Å². The SMILES string of the molecule is COc1cccc(C(=O)Nc2cnn3c2C(=O)C(c2ccc(C(F)(F)F)cc2)C[C@@H]3C)c1. The highest BCUT2D eigenvalue weighted by atomic mass is 19.4. The van der Waals surface area contributed by atoms with Crippen LogP contribution in [0.2, 0.25) is 0 Å². The van der Waals surface area contributed by atoms with Crippen molar-refractivity contribution in [2.75, 3.05) is 12.4 Å². The first-order chi connectivity index (χ1) is 15.2. The molecule has 1 unspecified atom stereocenters.